The molecule has 4 nitrogen and oxygen atoms in total. The van der Waals surface area contributed by atoms with Gasteiger partial charge in [-0.2, -0.15) is 0 Å². The van der Waals surface area contributed by atoms with Crippen molar-refractivity contribution in [2.24, 2.45) is 0 Å². The van der Waals surface area contributed by atoms with Crippen LogP contribution >= 0.6 is 0 Å². The fourth-order valence-electron chi connectivity index (χ4n) is 1.60. The molecule has 18 heavy (non-hydrogen) atoms. The van der Waals surface area contributed by atoms with Crippen molar-refractivity contribution in [2.75, 3.05) is 0 Å². The van der Waals surface area contributed by atoms with E-state index in [-0.39, 0.29) is 12.2 Å². The Morgan fingerprint density at radius 2 is 2.17 bits per heavy atom. The van der Waals surface area contributed by atoms with E-state index in [1.165, 1.54) is 12.1 Å². The van der Waals surface area contributed by atoms with E-state index in [2.05, 4.69) is 5.16 Å². The number of ether oxygens (including phenoxy) is 1. The van der Waals surface area contributed by atoms with E-state index in [1.54, 1.807) is 13.8 Å². The first-order valence-electron chi connectivity index (χ1n) is 5.40. The van der Waals surface area contributed by atoms with Crippen LogP contribution in [-0.4, -0.2) is 11.4 Å². The van der Waals surface area contributed by atoms with Gasteiger partial charge in [0.15, 0.2) is 0 Å². The molecule has 1 aromatic heterocycles. The number of carbonyl (C=O) groups excluding carboxylic acids is 1. The molecule has 0 aliphatic rings. The topological polar surface area (TPSA) is 52.3 Å². The van der Waals surface area contributed by atoms with E-state index in [1.807, 2.05) is 0 Å². The SMILES string of the molecule is Cc1noc(C)c1COc1cc(F)cc(C=O)c1. The van der Waals surface area contributed by atoms with Crippen LogP contribution in [-0.2, 0) is 6.61 Å². The predicted octanol–water partition coefficient (Wildman–Crippen LogP) is 2.82. The van der Waals surface area contributed by atoms with Crippen molar-refractivity contribution in [3.05, 3.63) is 46.6 Å². The lowest BCUT2D eigenvalue weighted by Gasteiger charge is -2.06. The number of aldehydes is 1. The van der Waals surface area contributed by atoms with Gasteiger partial charge in [-0.1, -0.05) is 5.16 Å². The minimum atomic E-state index is -0.506. The molecule has 0 atom stereocenters. The van der Waals surface area contributed by atoms with Crippen LogP contribution in [0.4, 0.5) is 4.39 Å². The molecular weight excluding hydrogens is 237 g/mol. The van der Waals surface area contributed by atoms with E-state index in [4.69, 9.17) is 9.26 Å². The number of aromatic nitrogens is 1. The van der Waals surface area contributed by atoms with E-state index in [0.717, 1.165) is 17.3 Å². The Labute approximate surface area is 103 Å². The molecule has 0 aliphatic heterocycles. The van der Waals surface area contributed by atoms with Crippen LogP contribution in [0.25, 0.3) is 0 Å². The highest BCUT2D eigenvalue weighted by atomic mass is 19.1. The Morgan fingerprint density at radius 3 is 2.78 bits per heavy atom. The van der Waals surface area contributed by atoms with Gasteiger partial charge in [-0.25, -0.2) is 4.39 Å². The second-order valence-corrected chi connectivity index (χ2v) is 3.93. The van der Waals surface area contributed by atoms with Crippen molar-refractivity contribution < 1.29 is 18.4 Å². The molecule has 0 unspecified atom stereocenters. The lowest BCUT2D eigenvalue weighted by atomic mass is 10.2. The van der Waals surface area contributed by atoms with E-state index in [9.17, 15) is 9.18 Å². The number of hydrogen-bond acceptors (Lipinski definition) is 4. The molecule has 0 spiro atoms. The molecule has 0 bridgehead atoms. The lowest BCUT2D eigenvalue weighted by molar-refractivity contribution is 0.112. The van der Waals surface area contributed by atoms with Crippen LogP contribution in [0, 0.1) is 19.7 Å². The van der Waals surface area contributed by atoms with Gasteiger partial charge < -0.3 is 9.26 Å². The van der Waals surface area contributed by atoms with Crippen molar-refractivity contribution in [1.82, 2.24) is 5.16 Å². The Balaban J connectivity index is 2.15. The summed E-state index contributed by atoms with van der Waals surface area (Å²) in [5, 5.41) is 3.79. The molecule has 0 fully saturated rings. The first kappa shape index (κ1) is 12.3. The Kier molecular flexibility index (Phi) is 3.41. The number of aryl methyl sites for hydroxylation is 2. The predicted molar refractivity (Wildman–Crippen MR) is 62.1 cm³/mol. The third kappa shape index (κ3) is 2.56. The Bertz CT molecular complexity index is 558. The third-order valence-corrected chi connectivity index (χ3v) is 2.59. The van der Waals surface area contributed by atoms with Crippen LogP contribution in [0.15, 0.2) is 22.7 Å². The summed E-state index contributed by atoms with van der Waals surface area (Å²) in [5.41, 5.74) is 1.80. The van der Waals surface area contributed by atoms with Gasteiger partial charge in [0.25, 0.3) is 0 Å². The fraction of sp³-hybridized carbons (Fsp3) is 0.231. The highest BCUT2D eigenvalue weighted by Crippen LogP contribution is 2.19. The summed E-state index contributed by atoms with van der Waals surface area (Å²) in [7, 11) is 0. The quantitative estimate of drug-likeness (QED) is 0.782. The summed E-state index contributed by atoms with van der Waals surface area (Å²) < 4.78 is 23.6. The van der Waals surface area contributed by atoms with Gasteiger partial charge in [0, 0.05) is 11.6 Å². The smallest absolute Gasteiger partial charge is 0.150 e. The van der Waals surface area contributed by atoms with E-state index in [0.29, 0.717) is 17.8 Å². The van der Waals surface area contributed by atoms with Crippen molar-refractivity contribution in [1.29, 1.82) is 0 Å². The molecule has 0 saturated carbocycles. The van der Waals surface area contributed by atoms with Gasteiger partial charge in [-0.3, -0.25) is 4.79 Å². The molecule has 0 amide bonds. The summed E-state index contributed by atoms with van der Waals surface area (Å²) in [6.45, 7) is 3.81. The lowest BCUT2D eigenvalue weighted by Crippen LogP contribution is -1.99. The van der Waals surface area contributed by atoms with Gasteiger partial charge in [-0.05, 0) is 26.0 Å². The molecule has 5 heteroatoms. The molecular formula is C13H12FNO3. The summed E-state index contributed by atoms with van der Waals surface area (Å²) in [6.07, 6.45) is 0.575. The highest BCUT2D eigenvalue weighted by Gasteiger charge is 2.10. The second kappa shape index (κ2) is 5.00. The van der Waals surface area contributed by atoms with Gasteiger partial charge in [0.2, 0.25) is 0 Å². The maximum absolute atomic E-state index is 13.2. The Hall–Kier alpha value is -2.17. The van der Waals surface area contributed by atoms with Crippen molar-refractivity contribution in [3.63, 3.8) is 0 Å². The van der Waals surface area contributed by atoms with E-state index >= 15 is 0 Å². The van der Waals surface area contributed by atoms with Crippen LogP contribution in [0.2, 0.25) is 0 Å². The first-order valence-corrected chi connectivity index (χ1v) is 5.40. The molecule has 0 N–H and O–H groups in total. The first-order chi connectivity index (χ1) is 8.60. The standard InChI is InChI=1S/C13H12FNO3/c1-8-13(9(2)18-15-8)7-17-12-4-10(6-16)3-11(14)5-12/h3-6H,7H2,1-2H3. The number of halogens is 1. The average Bonchev–Trinajstić information content (AvgIpc) is 2.66. The van der Waals surface area contributed by atoms with Crippen LogP contribution in [0.3, 0.4) is 0 Å². The maximum atomic E-state index is 13.2. The third-order valence-electron chi connectivity index (χ3n) is 2.59. The maximum Gasteiger partial charge on any atom is 0.150 e. The molecule has 1 aromatic carbocycles. The van der Waals surface area contributed by atoms with Crippen LogP contribution in [0.1, 0.15) is 27.4 Å². The van der Waals surface area contributed by atoms with Crippen molar-refractivity contribution >= 4 is 6.29 Å². The summed E-state index contributed by atoms with van der Waals surface area (Å²) in [4.78, 5) is 10.6. The normalized spacial score (nSPS) is 10.4. The largest absolute Gasteiger partial charge is 0.489 e. The minimum absolute atomic E-state index is 0.225. The number of nitrogens with zero attached hydrogens (tertiary/aromatic N) is 1. The zero-order valence-corrected chi connectivity index (χ0v) is 10.1. The molecule has 0 saturated heterocycles. The zero-order valence-electron chi connectivity index (χ0n) is 10.1. The summed E-state index contributed by atoms with van der Waals surface area (Å²) in [5.74, 6) is 0.463. The number of carbonyl (C=O) groups is 1. The Morgan fingerprint density at radius 1 is 1.39 bits per heavy atom. The molecule has 2 aromatic rings. The number of benzene rings is 1. The average molecular weight is 249 g/mol. The van der Waals surface area contributed by atoms with Gasteiger partial charge in [-0.15, -0.1) is 0 Å². The monoisotopic (exact) mass is 249 g/mol. The molecule has 0 aliphatic carbocycles. The molecule has 94 valence electrons. The van der Waals surface area contributed by atoms with Gasteiger partial charge in [0.1, 0.15) is 30.2 Å². The zero-order chi connectivity index (χ0) is 13.1. The van der Waals surface area contributed by atoms with Gasteiger partial charge >= 0.3 is 0 Å². The van der Waals surface area contributed by atoms with E-state index < -0.39 is 5.82 Å². The van der Waals surface area contributed by atoms with Crippen LogP contribution < -0.4 is 4.74 Å². The van der Waals surface area contributed by atoms with Crippen LogP contribution in [0.5, 0.6) is 5.75 Å². The van der Waals surface area contributed by atoms with Gasteiger partial charge in [0.05, 0.1) is 11.3 Å². The summed E-state index contributed by atoms with van der Waals surface area (Å²) >= 11 is 0. The number of rotatable bonds is 4. The molecule has 1 heterocycles. The summed E-state index contributed by atoms with van der Waals surface area (Å²) in [6, 6.07) is 3.86. The minimum Gasteiger partial charge on any atom is -0.489 e. The van der Waals surface area contributed by atoms with Crippen molar-refractivity contribution in [2.45, 2.75) is 20.5 Å². The second-order valence-electron chi connectivity index (χ2n) is 3.93. The molecule has 2 rings (SSSR count). The fourth-order valence-corrected chi connectivity index (χ4v) is 1.60. The highest BCUT2D eigenvalue weighted by molar-refractivity contribution is 5.75. The molecule has 0 radical (unpaired) electrons. The number of hydrogen-bond donors (Lipinski definition) is 0. The van der Waals surface area contributed by atoms with Crippen molar-refractivity contribution in [3.8, 4) is 5.75 Å².